The maximum atomic E-state index is 12.6. The first-order valence-electron chi connectivity index (χ1n) is 6.75. The van der Waals surface area contributed by atoms with E-state index in [4.69, 9.17) is 11.6 Å². The van der Waals surface area contributed by atoms with Crippen molar-refractivity contribution in [3.63, 3.8) is 0 Å². The van der Waals surface area contributed by atoms with Crippen molar-refractivity contribution < 1.29 is 13.3 Å². The number of nitrogens with zero attached hydrogens (tertiary/aromatic N) is 2. The van der Waals surface area contributed by atoms with Gasteiger partial charge in [0.05, 0.1) is 30.7 Å². The van der Waals surface area contributed by atoms with E-state index in [1.807, 2.05) is 0 Å². The van der Waals surface area contributed by atoms with Crippen molar-refractivity contribution in [2.75, 3.05) is 4.72 Å². The van der Waals surface area contributed by atoms with Gasteiger partial charge in [0, 0.05) is 19.2 Å². The summed E-state index contributed by atoms with van der Waals surface area (Å²) in [5.41, 5.74) is 0.221. The number of nitrogens with one attached hydrogen (secondary N) is 1. The van der Waals surface area contributed by atoms with Crippen LogP contribution < -0.4 is 9.60 Å². The van der Waals surface area contributed by atoms with Crippen LogP contribution in [0, 0.1) is 10.1 Å². The van der Waals surface area contributed by atoms with Crippen LogP contribution in [0.1, 0.15) is 0 Å². The molecule has 130 valence electrons. The van der Waals surface area contributed by atoms with Crippen LogP contribution in [0.2, 0.25) is 5.02 Å². The van der Waals surface area contributed by atoms with Crippen LogP contribution in [0.25, 0.3) is 10.2 Å². The third-order valence-electron chi connectivity index (χ3n) is 3.48. The Morgan fingerprint density at radius 3 is 2.64 bits per heavy atom. The number of fused-ring (bicyclic) bond motifs is 1. The lowest BCUT2D eigenvalue weighted by Gasteiger charge is -2.09. The fourth-order valence-electron chi connectivity index (χ4n) is 2.19. The summed E-state index contributed by atoms with van der Waals surface area (Å²) in [5.74, 6) is 0. The van der Waals surface area contributed by atoms with Crippen molar-refractivity contribution in [1.82, 2.24) is 4.57 Å². The molecule has 3 aromatic rings. The number of non-ortho nitro benzene ring substituents is 1. The molecule has 2 aromatic carbocycles. The van der Waals surface area contributed by atoms with Gasteiger partial charge in [0.15, 0.2) is 0 Å². The Labute approximate surface area is 150 Å². The van der Waals surface area contributed by atoms with Gasteiger partial charge in [-0.1, -0.05) is 22.9 Å². The average molecular weight is 400 g/mol. The summed E-state index contributed by atoms with van der Waals surface area (Å²) in [7, 11) is -2.44. The zero-order chi connectivity index (χ0) is 18.4. The molecule has 0 unspecified atom stereocenters. The molecule has 0 aliphatic heterocycles. The third-order valence-corrected chi connectivity index (χ3v) is 6.17. The van der Waals surface area contributed by atoms with E-state index in [0.29, 0.717) is 10.2 Å². The topological polar surface area (TPSA) is 111 Å². The molecule has 0 atom stereocenters. The molecule has 11 heteroatoms. The standard InChI is InChI=1S/C14H10ClN3O5S2/c1-17-12-5-3-9(7-13(12)24-14(17)19)25(22,23)16-11-6-8(18(20)21)2-4-10(11)15/h2-7,16H,1H3. The normalized spacial score (nSPS) is 11.6. The molecule has 0 spiro atoms. The first kappa shape index (κ1) is 17.4. The smallest absolute Gasteiger partial charge is 0.302 e. The molecule has 0 aliphatic rings. The lowest BCUT2D eigenvalue weighted by Crippen LogP contribution is -2.13. The molecule has 0 aliphatic carbocycles. The number of benzene rings is 2. The molecule has 0 saturated carbocycles. The fraction of sp³-hybridized carbons (Fsp3) is 0.0714. The second-order valence-electron chi connectivity index (χ2n) is 5.08. The second kappa shape index (κ2) is 6.14. The van der Waals surface area contributed by atoms with Crippen molar-refractivity contribution in [3.05, 3.63) is 61.2 Å². The van der Waals surface area contributed by atoms with E-state index in [1.165, 1.54) is 34.9 Å². The van der Waals surface area contributed by atoms with Crippen LogP contribution in [0.5, 0.6) is 0 Å². The first-order chi connectivity index (χ1) is 11.7. The van der Waals surface area contributed by atoms with Gasteiger partial charge in [-0.05, 0) is 24.3 Å². The first-order valence-corrected chi connectivity index (χ1v) is 9.43. The van der Waals surface area contributed by atoms with Crippen LogP contribution in [-0.2, 0) is 17.1 Å². The number of anilines is 1. The van der Waals surface area contributed by atoms with Crippen molar-refractivity contribution in [2.24, 2.45) is 7.05 Å². The number of nitro benzene ring substituents is 1. The quantitative estimate of drug-likeness (QED) is 0.535. The zero-order valence-electron chi connectivity index (χ0n) is 12.6. The average Bonchev–Trinajstić information content (AvgIpc) is 2.83. The minimum atomic E-state index is -4.04. The minimum Gasteiger partial charge on any atom is -0.302 e. The Balaban J connectivity index is 2.04. The van der Waals surface area contributed by atoms with Gasteiger partial charge < -0.3 is 4.57 Å². The Kier molecular flexibility index (Phi) is 4.27. The predicted octanol–water partition coefficient (Wildman–Crippen LogP) is 2.96. The number of nitro groups is 1. The summed E-state index contributed by atoms with van der Waals surface area (Å²) < 4.78 is 29.3. The Bertz CT molecular complexity index is 1170. The maximum Gasteiger partial charge on any atom is 0.307 e. The highest BCUT2D eigenvalue weighted by atomic mass is 35.5. The number of thiazole rings is 1. The van der Waals surface area contributed by atoms with Gasteiger partial charge in [0.2, 0.25) is 0 Å². The molecular formula is C14H10ClN3O5S2. The summed E-state index contributed by atoms with van der Waals surface area (Å²) in [6.45, 7) is 0. The highest BCUT2D eigenvalue weighted by Crippen LogP contribution is 2.29. The summed E-state index contributed by atoms with van der Waals surface area (Å²) in [6.07, 6.45) is 0. The number of halogens is 1. The molecule has 3 rings (SSSR count). The summed E-state index contributed by atoms with van der Waals surface area (Å²) in [4.78, 5) is 21.6. The molecule has 0 saturated heterocycles. The van der Waals surface area contributed by atoms with Gasteiger partial charge in [-0.3, -0.25) is 19.6 Å². The molecule has 25 heavy (non-hydrogen) atoms. The molecule has 1 aromatic heterocycles. The van der Waals surface area contributed by atoms with Crippen LogP contribution >= 0.6 is 22.9 Å². The molecule has 0 fully saturated rings. The van der Waals surface area contributed by atoms with Crippen LogP contribution in [0.3, 0.4) is 0 Å². The van der Waals surface area contributed by atoms with E-state index >= 15 is 0 Å². The molecule has 1 N–H and O–H groups in total. The number of hydrogen-bond donors (Lipinski definition) is 1. The van der Waals surface area contributed by atoms with Crippen molar-refractivity contribution >= 4 is 54.6 Å². The summed E-state index contributed by atoms with van der Waals surface area (Å²) >= 11 is 6.85. The molecule has 8 nitrogen and oxygen atoms in total. The zero-order valence-corrected chi connectivity index (χ0v) is 15.0. The number of sulfonamides is 1. The van der Waals surface area contributed by atoms with Gasteiger partial charge in [-0.25, -0.2) is 8.42 Å². The molecular weight excluding hydrogens is 390 g/mol. The van der Waals surface area contributed by atoms with Gasteiger partial charge in [-0.2, -0.15) is 0 Å². The van der Waals surface area contributed by atoms with Crippen molar-refractivity contribution in [1.29, 1.82) is 0 Å². The van der Waals surface area contributed by atoms with Crippen molar-refractivity contribution in [2.45, 2.75) is 4.90 Å². The number of rotatable bonds is 4. The number of hydrogen-bond acceptors (Lipinski definition) is 6. The Morgan fingerprint density at radius 2 is 1.96 bits per heavy atom. The van der Waals surface area contributed by atoms with Crippen molar-refractivity contribution in [3.8, 4) is 0 Å². The number of aromatic nitrogens is 1. The monoisotopic (exact) mass is 399 g/mol. The second-order valence-corrected chi connectivity index (χ2v) is 8.17. The van der Waals surface area contributed by atoms with Crippen LogP contribution in [0.15, 0.2) is 46.1 Å². The van der Waals surface area contributed by atoms with E-state index in [1.54, 1.807) is 7.05 Å². The predicted molar refractivity (Wildman–Crippen MR) is 96.0 cm³/mol. The SMILES string of the molecule is Cn1c(=O)sc2cc(S(=O)(=O)Nc3cc([N+](=O)[O-])ccc3Cl)ccc21. The molecule has 0 radical (unpaired) electrons. The van der Waals surface area contributed by atoms with E-state index in [-0.39, 0.29) is 26.2 Å². The van der Waals surface area contributed by atoms with E-state index in [0.717, 1.165) is 17.4 Å². The third kappa shape index (κ3) is 3.23. The lowest BCUT2D eigenvalue weighted by atomic mass is 10.3. The van der Waals surface area contributed by atoms with Crippen LogP contribution in [0.4, 0.5) is 11.4 Å². The molecule has 1 heterocycles. The van der Waals surface area contributed by atoms with E-state index in [9.17, 15) is 23.3 Å². The van der Waals surface area contributed by atoms with E-state index < -0.39 is 14.9 Å². The Morgan fingerprint density at radius 1 is 1.24 bits per heavy atom. The Hall–Kier alpha value is -2.43. The maximum absolute atomic E-state index is 12.6. The van der Waals surface area contributed by atoms with E-state index in [2.05, 4.69) is 4.72 Å². The van der Waals surface area contributed by atoms with Crippen LogP contribution in [-0.4, -0.2) is 17.9 Å². The number of aryl methyl sites for hydroxylation is 1. The largest absolute Gasteiger partial charge is 0.307 e. The van der Waals surface area contributed by atoms with Gasteiger partial charge >= 0.3 is 4.87 Å². The highest BCUT2D eigenvalue weighted by Gasteiger charge is 2.19. The minimum absolute atomic E-state index is 0.0274. The van der Waals surface area contributed by atoms with Gasteiger partial charge in [-0.15, -0.1) is 0 Å². The lowest BCUT2D eigenvalue weighted by molar-refractivity contribution is -0.384. The van der Waals surface area contributed by atoms with Gasteiger partial charge in [0.25, 0.3) is 15.7 Å². The molecule has 0 amide bonds. The summed E-state index contributed by atoms with van der Waals surface area (Å²) in [6, 6.07) is 7.70. The summed E-state index contributed by atoms with van der Waals surface area (Å²) in [5, 5.41) is 10.9. The van der Waals surface area contributed by atoms with Gasteiger partial charge in [0.1, 0.15) is 0 Å². The highest BCUT2D eigenvalue weighted by molar-refractivity contribution is 7.92. The fourth-order valence-corrected chi connectivity index (χ4v) is 4.50. The molecule has 0 bridgehead atoms.